The minimum atomic E-state index is -0.644. The van der Waals surface area contributed by atoms with Crippen LogP contribution in [0.2, 0.25) is 0 Å². The largest absolute Gasteiger partial charge is 0.393 e. The highest BCUT2D eigenvalue weighted by Gasteiger charge is 2.14. The fourth-order valence-electron chi connectivity index (χ4n) is 1.49. The number of nitrogens with one attached hydrogen (secondary N) is 1. The molecule has 0 fully saturated rings. The molecule has 0 aliphatic rings. The van der Waals surface area contributed by atoms with Crippen molar-refractivity contribution in [1.82, 2.24) is 5.32 Å². The zero-order valence-electron chi connectivity index (χ0n) is 10.1. The summed E-state index contributed by atoms with van der Waals surface area (Å²) in [5.41, 5.74) is 6.61. The highest BCUT2D eigenvalue weighted by molar-refractivity contribution is 5.82. The van der Waals surface area contributed by atoms with Gasteiger partial charge in [0.2, 0.25) is 5.91 Å². The summed E-state index contributed by atoms with van der Waals surface area (Å²) in [5, 5.41) is 12.1. The summed E-state index contributed by atoms with van der Waals surface area (Å²) in [4.78, 5) is 11.7. The maximum Gasteiger partial charge on any atom is 0.241 e. The van der Waals surface area contributed by atoms with Gasteiger partial charge in [0, 0.05) is 6.54 Å². The lowest BCUT2D eigenvalue weighted by atomic mass is 10.1. The van der Waals surface area contributed by atoms with Crippen molar-refractivity contribution >= 4 is 5.91 Å². The van der Waals surface area contributed by atoms with Crippen LogP contribution in [0.25, 0.3) is 0 Å². The van der Waals surface area contributed by atoms with Crippen LogP contribution >= 0.6 is 0 Å². The first kappa shape index (κ1) is 13.7. The number of benzene rings is 1. The summed E-state index contributed by atoms with van der Waals surface area (Å²) in [6.07, 6.45) is 0.896. The zero-order chi connectivity index (χ0) is 12.7. The number of rotatable bonds is 6. The Bertz CT molecular complexity index is 341. The van der Waals surface area contributed by atoms with Crippen LogP contribution in [0.3, 0.4) is 0 Å². The molecule has 1 rings (SSSR count). The molecular weight excluding hydrogens is 216 g/mol. The first-order valence-electron chi connectivity index (χ1n) is 5.91. The van der Waals surface area contributed by atoms with E-state index in [-0.39, 0.29) is 12.0 Å². The number of amides is 1. The molecule has 0 saturated carbocycles. The van der Waals surface area contributed by atoms with Crippen molar-refractivity contribution < 1.29 is 9.90 Å². The van der Waals surface area contributed by atoms with E-state index in [4.69, 9.17) is 5.73 Å². The van der Waals surface area contributed by atoms with Gasteiger partial charge in [-0.3, -0.25) is 4.79 Å². The van der Waals surface area contributed by atoms with E-state index in [2.05, 4.69) is 5.32 Å². The fourth-order valence-corrected chi connectivity index (χ4v) is 1.49. The van der Waals surface area contributed by atoms with Crippen LogP contribution in [0.5, 0.6) is 0 Å². The van der Waals surface area contributed by atoms with Crippen molar-refractivity contribution in [2.75, 3.05) is 6.54 Å². The van der Waals surface area contributed by atoms with Gasteiger partial charge in [0.1, 0.15) is 6.04 Å². The molecule has 0 aliphatic carbocycles. The minimum absolute atomic E-state index is 0.209. The lowest BCUT2D eigenvalue weighted by Crippen LogP contribution is -2.35. The molecule has 1 aromatic carbocycles. The Morgan fingerprint density at radius 1 is 1.41 bits per heavy atom. The molecule has 0 aliphatic heterocycles. The van der Waals surface area contributed by atoms with Crippen molar-refractivity contribution in [2.24, 2.45) is 5.73 Å². The van der Waals surface area contributed by atoms with Crippen molar-refractivity contribution in [3.05, 3.63) is 35.9 Å². The Morgan fingerprint density at radius 2 is 2.06 bits per heavy atom. The fraction of sp³-hybridized carbons (Fsp3) is 0.462. The molecule has 4 nitrogen and oxygen atoms in total. The number of carbonyl (C=O) groups is 1. The third-order valence-corrected chi connectivity index (χ3v) is 2.69. The van der Waals surface area contributed by atoms with E-state index in [0.29, 0.717) is 19.4 Å². The molecular formula is C13H20N2O2. The monoisotopic (exact) mass is 236 g/mol. The Hall–Kier alpha value is -1.39. The molecule has 1 aromatic rings. The van der Waals surface area contributed by atoms with Crippen LogP contribution in [0.1, 0.15) is 31.4 Å². The van der Waals surface area contributed by atoms with E-state index < -0.39 is 6.04 Å². The smallest absolute Gasteiger partial charge is 0.241 e. The van der Waals surface area contributed by atoms with Gasteiger partial charge in [0.15, 0.2) is 0 Å². The second-order valence-electron chi connectivity index (χ2n) is 4.03. The average molecular weight is 236 g/mol. The molecule has 1 unspecified atom stereocenters. The molecule has 4 heteroatoms. The van der Waals surface area contributed by atoms with Gasteiger partial charge in [-0.2, -0.15) is 0 Å². The molecule has 0 saturated heterocycles. The number of carbonyl (C=O) groups excluding carboxylic acids is 1. The predicted octanol–water partition coefficient (Wildman–Crippen LogP) is 0.964. The lowest BCUT2D eigenvalue weighted by molar-refractivity contribution is -0.122. The van der Waals surface area contributed by atoms with Crippen molar-refractivity contribution in [3.63, 3.8) is 0 Å². The maximum atomic E-state index is 11.7. The zero-order valence-corrected chi connectivity index (χ0v) is 10.1. The summed E-state index contributed by atoms with van der Waals surface area (Å²) in [5.74, 6) is -0.209. The van der Waals surface area contributed by atoms with Gasteiger partial charge in [-0.15, -0.1) is 0 Å². The first-order valence-corrected chi connectivity index (χ1v) is 5.91. The average Bonchev–Trinajstić information content (AvgIpc) is 2.38. The second kappa shape index (κ2) is 7.04. The van der Waals surface area contributed by atoms with Crippen LogP contribution in [-0.2, 0) is 4.79 Å². The van der Waals surface area contributed by atoms with E-state index in [1.807, 2.05) is 37.3 Å². The summed E-state index contributed by atoms with van der Waals surface area (Å²) in [6, 6.07) is 8.59. The molecule has 0 aromatic heterocycles. The summed E-state index contributed by atoms with van der Waals surface area (Å²) in [6.45, 7) is 2.36. The highest BCUT2D eigenvalue weighted by Crippen LogP contribution is 2.09. The molecule has 4 N–H and O–H groups in total. The third kappa shape index (κ3) is 4.54. The SMILES string of the molecule is CCC(O)CCNC(=O)[C@H](N)c1ccccc1. The molecule has 2 atom stereocenters. The Morgan fingerprint density at radius 3 is 2.65 bits per heavy atom. The van der Waals surface area contributed by atoms with Gasteiger partial charge in [-0.1, -0.05) is 37.3 Å². The third-order valence-electron chi connectivity index (χ3n) is 2.69. The highest BCUT2D eigenvalue weighted by atomic mass is 16.3. The lowest BCUT2D eigenvalue weighted by Gasteiger charge is -2.13. The van der Waals surface area contributed by atoms with Gasteiger partial charge < -0.3 is 16.2 Å². The Balaban J connectivity index is 2.38. The standard InChI is InChI=1S/C13H20N2O2/c1-2-11(16)8-9-15-13(17)12(14)10-6-4-3-5-7-10/h3-7,11-12,16H,2,8-9,14H2,1H3,(H,15,17)/t11?,12-/m1/s1. The van der Waals surface area contributed by atoms with E-state index in [1.54, 1.807) is 0 Å². The first-order chi connectivity index (χ1) is 8.15. The van der Waals surface area contributed by atoms with E-state index >= 15 is 0 Å². The summed E-state index contributed by atoms with van der Waals surface area (Å²) < 4.78 is 0. The molecule has 0 heterocycles. The summed E-state index contributed by atoms with van der Waals surface area (Å²) >= 11 is 0. The van der Waals surface area contributed by atoms with Crippen molar-refractivity contribution in [2.45, 2.75) is 31.9 Å². The molecule has 17 heavy (non-hydrogen) atoms. The van der Waals surface area contributed by atoms with E-state index in [9.17, 15) is 9.90 Å². The van der Waals surface area contributed by atoms with Gasteiger partial charge in [0.25, 0.3) is 0 Å². The van der Waals surface area contributed by atoms with Gasteiger partial charge >= 0.3 is 0 Å². The molecule has 0 radical (unpaired) electrons. The van der Waals surface area contributed by atoms with Crippen LogP contribution in [0, 0.1) is 0 Å². The van der Waals surface area contributed by atoms with Gasteiger partial charge in [0.05, 0.1) is 6.10 Å². The number of aliphatic hydroxyl groups excluding tert-OH is 1. The predicted molar refractivity (Wildman–Crippen MR) is 67.3 cm³/mol. The quantitative estimate of drug-likeness (QED) is 0.688. The van der Waals surface area contributed by atoms with Crippen LogP contribution < -0.4 is 11.1 Å². The summed E-state index contributed by atoms with van der Waals surface area (Å²) in [7, 11) is 0. The van der Waals surface area contributed by atoms with E-state index in [1.165, 1.54) is 0 Å². The number of nitrogens with two attached hydrogens (primary N) is 1. The molecule has 0 spiro atoms. The molecule has 0 bridgehead atoms. The second-order valence-corrected chi connectivity index (χ2v) is 4.03. The number of aliphatic hydroxyl groups is 1. The normalized spacial score (nSPS) is 14.1. The van der Waals surface area contributed by atoms with Crippen LogP contribution in [-0.4, -0.2) is 23.7 Å². The van der Waals surface area contributed by atoms with Crippen LogP contribution in [0.4, 0.5) is 0 Å². The van der Waals surface area contributed by atoms with Crippen molar-refractivity contribution in [1.29, 1.82) is 0 Å². The Labute approximate surface area is 102 Å². The topological polar surface area (TPSA) is 75.3 Å². The maximum absolute atomic E-state index is 11.7. The molecule has 1 amide bonds. The van der Waals surface area contributed by atoms with Gasteiger partial charge in [-0.25, -0.2) is 0 Å². The van der Waals surface area contributed by atoms with Gasteiger partial charge in [-0.05, 0) is 18.4 Å². The van der Waals surface area contributed by atoms with Crippen molar-refractivity contribution in [3.8, 4) is 0 Å². The van der Waals surface area contributed by atoms with E-state index in [0.717, 1.165) is 5.56 Å². The number of hydrogen-bond acceptors (Lipinski definition) is 3. The Kier molecular flexibility index (Phi) is 5.66. The minimum Gasteiger partial charge on any atom is -0.393 e. The number of hydrogen-bond donors (Lipinski definition) is 3. The molecule has 94 valence electrons. The van der Waals surface area contributed by atoms with Crippen LogP contribution in [0.15, 0.2) is 30.3 Å².